The van der Waals surface area contributed by atoms with Crippen LogP contribution in [0, 0.1) is 5.92 Å². The molecule has 3 aromatic rings. The van der Waals surface area contributed by atoms with Crippen molar-refractivity contribution >= 4 is 23.1 Å². The number of aromatic nitrogens is 1. The van der Waals surface area contributed by atoms with E-state index >= 15 is 0 Å². The highest BCUT2D eigenvalue weighted by Gasteiger charge is 2.39. The molecular weight excluding hydrogens is 440 g/mol. The predicted molar refractivity (Wildman–Crippen MR) is 125 cm³/mol. The van der Waals surface area contributed by atoms with Crippen molar-refractivity contribution in [3.8, 4) is 17.0 Å². The maximum atomic E-state index is 13.7. The fourth-order valence-corrected chi connectivity index (χ4v) is 3.93. The SMILES string of the molecule is COc1ccc(N2N=C(C)C(C(=O)Cc3cccc(C(C)(F)F)c3)C2=O)cc1-c1ccccn1. The van der Waals surface area contributed by atoms with Gasteiger partial charge in [-0.25, -0.2) is 8.78 Å². The Labute approximate surface area is 195 Å². The average Bonchev–Trinajstić information content (AvgIpc) is 3.12. The molecule has 2 heterocycles. The number of pyridine rings is 1. The molecule has 1 aliphatic rings. The number of carbonyl (C=O) groups excluding carboxylic acids is 2. The summed E-state index contributed by atoms with van der Waals surface area (Å²) in [5.74, 6) is -4.41. The van der Waals surface area contributed by atoms with E-state index in [2.05, 4.69) is 10.1 Å². The van der Waals surface area contributed by atoms with Gasteiger partial charge in [0.05, 0.1) is 24.2 Å². The van der Waals surface area contributed by atoms with Gasteiger partial charge in [-0.1, -0.05) is 24.3 Å². The number of carbonyl (C=O) groups is 2. The van der Waals surface area contributed by atoms with Gasteiger partial charge >= 0.3 is 0 Å². The van der Waals surface area contributed by atoms with Crippen molar-refractivity contribution in [3.63, 3.8) is 0 Å². The van der Waals surface area contributed by atoms with Crippen molar-refractivity contribution in [3.05, 3.63) is 78.0 Å². The molecular formula is C26H23F2N3O3. The largest absolute Gasteiger partial charge is 0.496 e. The van der Waals surface area contributed by atoms with Crippen LogP contribution >= 0.6 is 0 Å². The number of hydrazone groups is 1. The van der Waals surface area contributed by atoms with E-state index in [0.717, 1.165) is 6.92 Å². The number of benzene rings is 2. The molecule has 1 atom stereocenters. The van der Waals surface area contributed by atoms with Gasteiger partial charge in [0, 0.05) is 30.7 Å². The quantitative estimate of drug-likeness (QED) is 0.462. The van der Waals surface area contributed by atoms with Crippen LogP contribution in [0.3, 0.4) is 0 Å². The number of alkyl halides is 2. The molecule has 2 aromatic carbocycles. The summed E-state index contributed by atoms with van der Waals surface area (Å²) in [6.07, 6.45) is 1.51. The second kappa shape index (κ2) is 9.13. The van der Waals surface area contributed by atoms with Crippen LogP contribution in [0.15, 0.2) is 72.0 Å². The molecule has 0 saturated carbocycles. The molecule has 8 heteroatoms. The fraction of sp³-hybridized carbons (Fsp3) is 0.231. The van der Waals surface area contributed by atoms with E-state index in [1.54, 1.807) is 50.6 Å². The summed E-state index contributed by atoms with van der Waals surface area (Å²) in [5, 5.41) is 5.52. The summed E-state index contributed by atoms with van der Waals surface area (Å²) in [4.78, 5) is 30.6. The number of hydrogen-bond donors (Lipinski definition) is 0. The Morgan fingerprint density at radius 2 is 1.91 bits per heavy atom. The van der Waals surface area contributed by atoms with Crippen LogP contribution in [-0.2, 0) is 21.9 Å². The van der Waals surface area contributed by atoms with E-state index < -0.39 is 23.5 Å². The van der Waals surface area contributed by atoms with E-state index in [9.17, 15) is 18.4 Å². The summed E-state index contributed by atoms with van der Waals surface area (Å²) in [6.45, 7) is 2.41. The van der Waals surface area contributed by atoms with Crippen molar-refractivity contribution in [1.29, 1.82) is 0 Å². The second-order valence-corrected chi connectivity index (χ2v) is 8.16. The van der Waals surface area contributed by atoms with Crippen molar-refractivity contribution in [2.75, 3.05) is 12.1 Å². The van der Waals surface area contributed by atoms with E-state index in [1.165, 1.54) is 23.2 Å². The molecule has 6 nitrogen and oxygen atoms in total. The van der Waals surface area contributed by atoms with Crippen LogP contribution in [0.5, 0.6) is 5.75 Å². The Balaban J connectivity index is 1.59. The molecule has 0 saturated heterocycles. The molecule has 1 aliphatic heterocycles. The van der Waals surface area contributed by atoms with E-state index in [-0.39, 0.29) is 12.0 Å². The monoisotopic (exact) mass is 463 g/mol. The van der Waals surface area contributed by atoms with Crippen molar-refractivity contribution < 1.29 is 23.1 Å². The van der Waals surface area contributed by atoms with Crippen LogP contribution in [0.25, 0.3) is 11.3 Å². The Hall–Kier alpha value is -3.94. The Bertz CT molecular complexity index is 1270. The van der Waals surface area contributed by atoms with Crippen LogP contribution in [-0.4, -0.2) is 29.5 Å². The lowest BCUT2D eigenvalue weighted by atomic mass is 9.93. The van der Waals surface area contributed by atoms with Gasteiger partial charge < -0.3 is 4.74 Å². The third-order valence-corrected chi connectivity index (χ3v) is 5.63. The number of Topliss-reactive ketones (excluding diaryl/α,β-unsaturated/α-hetero) is 1. The van der Waals surface area contributed by atoms with E-state index in [1.807, 2.05) is 12.1 Å². The minimum atomic E-state index is -3.02. The maximum absolute atomic E-state index is 13.7. The van der Waals surface area contributed by atoms with Gasteiger partial charge in [-0.05, 0) is 48.9 Å². The number of methoxy groups -OCH3 is 1. The van der Waals surface area contributed by atoms with Gasteiger partial charge in [0.15, 0.2) is 5.78 Å². The summed E-state index contributed by atoms with van der Waals surface area (Å²) in [6, 6.07) is 16.3. The zero-order valence-corrected chi connectivity index (χ0v) is 19.0. The maximum Gasteiger partial charge on any atom is 0.270 e. The minimum Gasteiger partial charge on any atom is -0.496 e. The lowest BCUT2D eigenvalue weighted by Crippen LogP contribution is -2.33. The normalized spacial score (nSPS) is 15.9. The van der Waals surface area contributed by atoms with Gasteiger partial charge in [0.25, 0.3) is 11.8 Å². The van der Waals surface area contributed by atoms with Crippen LogP contribution < -0.4 is 9.75 Å². The molecule has 0 radical (unpaired) electrons. The molecule has 0 fully saturated rings. The minimum absolute atomic E-state index is 0.150. The molecule has 0 bridgehead atoms. The Morgan fingerprint density at radius 1 is 1.12 bits per heavy atom. The molecule has 1 amide bonds. The molecule has 34 heavy (non-hydrogen) atoms. The van der Waals surface area contributed by atoms with Gasteiger partial charge in [0.2, 0.25) is 0 Å². The third-order valence-electron chi connectivity index (χ3n) is 5.63. The first-order valence-electron chi connectivity index (χ1n) is 10.7. The zero-order valence-electron chi connectivity index (χ0n) is 19.0. The first-order chi connectivity index (χ1) is 16.2. The number of hydrogen-bond acceptors (Lipinski definition) is 5. The number of amides is 1. The zero-order chi connectivity index (χ0) is 24.5. The first kappa shape index (κ1) is 23.2. The van der Waals surface area contributed by atoms with Crippen LogP contribution in [0.2, 0.25) is 0 Å². The highest BCUT2D eigenvalue weighted by atomic mass is 19.3. The second-order valence-electron chi connectivity index (χ2n) is 8.16. The molecule has 1 unspecified atom stereocenters. The van der Waals surface area contributed by atoms with Gasteiger partial charge in [-0.15, -0.1) is 0 Å². The number of nitrogens with zero attached hydrogens (tertiary/aromatic N) is 3. The Kier molecular flexibility index (Phi) is 6.24. The van der Waals surface area contributed by atoms with Gasteiger partial charge in [-0.3, -0.25) is 14.6 Å². The van der Waals surface area contributed by atoms with Crippen LogP contribution in [0.1, 0.15) is 25.0 Å². The lowest BCUT2D eigenvalue weighted by Gasteiger charge is -2.17. The predicted octanol–water partition coefficient (Wildman–Crippen LogP) is 5.02. The molecule has 1 aromatic heterocycles. The third kappa shape index (κ3) is 4.57. The fourth-order valence-electron chi connectivity index (χ4n) is 3.93. The topological polar surface area (TPSA) is 71.9 Å². The van der Waals surface area contributed by atoms with Crippen molar-refractivity contribution in [2.45, 2.75) is 26.2 Å². The van der Waals surface area contributed by atoms with Crippen LogP contribution in [0.4, 0.5) is 14.5 Å². The highest BCUT2D eigenvalue weighted by molar-refractivity contribution is 6.27. The molecule has 0 N–H and O–H groups in total. The number of anilines is 1. The van der Waals surface area contributed by atoms with Gasteiger partial charge in [-0.2, -0.15) is 10.1 Å². The smallest absolute Gasteiger partial charge is 0.270 e. The van der Waals surface area contributed by atoms with Crippen molar-refractivity contribution in [1.82, 2.24) is 4.98 Å². The summed E-state index contributed by atoms with van der Waals surface area (Å²) in [5.41, 5.74) is 2.39. The average molecular weight is 463 g/mol. The number of halogens is 2. The molecule has 174 valence electrons. The standard InChI is InChI=1S/C26H23F2N3O3/c1-16-24(22(32)14-17-7-6-8-18(13-17)26(2,27)28)25(33)31(30-16)19-10-11-23(34-3)20(15-19)21-9-4-5-12-29-21/h4-13,15,24H,14H2,1-3H3. The number of ether oxygens (including phenoxy) is 1. The van der Waals surface area contributed by atoms with Gasteiger partial charge in [0.1, 0.15) is 11.7 Å². The van der Waals surface area contributed by atoms with Crippen molar-refractivity contribution in [2.24, 2.45) is 11.0 Å². The highest BCUT2D eigenvalue weighted by Crippen LogP contribution is 2.35. The summed E-state index contributed by atoms with van der Waals surface area (Å²) < 4.78 is 32.8. The summed E-state index contributed by atoms with van der Waals surface area (Å²) >= 11 is 0. The number of rotatable bonds is 7. The first-order valence-corrected chi connectivity index (χ1v) is 10.7. The Morgan fingerprint density at radius 3 is 2.59 bits per heavy atom. The summed E-state index contributed by atoms with van der Waals surface area (Å²) in [7, 11) is 1.54. The molecule has 0 aliphatic carbocycles. The molecule has 0 spiro atoms. The van der Waals surface area contributed by atoms with E-state index in [4.69, 9.17) is 4.74 Å². The number of ketones is 1. The lowest BCUT2D eigenvalue weighted by molar-refractivity contribution is -0.128. The van der Waals surface area contributed by atoms with E-state index in [0.29, 0.717) is 34.0 Å². The molecule has 4 rings (SSSR count).